The minimum absolute atomic E-state index is 1.10. The molecule has 0 heterocycles. The van der Waals surface area contributed by atoms with Crippen LogP contribution in [-0.4, -0.2) is 18.2 Å². The van der Waals surface area contributed by atoms with E-state index < -0.39 is 15.3 Å². The Bertz CT molecular complexity index is 163. The first kappa shape index (κ1) is 5.05. The Balaban J connectivity index is 4.53. The van der Waals surface area contributed by atoms with E-state index >= 15 is 0 Å². The monoisotopic (exact) mass is 125 g/mol. The summed E-state index contributed by atoms with van der Waals surface area (Å²) in [4.78, 5) is 0. The fourth-order valence-corrected chi connectivity index (χ4v) is 0. The van der Waals surface area contributed by atoms with Crippen molar-refractivity contribution in [3.63, 3.8) is 0 Å². The van der Waals surface area contributed by atoms with Crippen molar-refractivity contribution < 1.29 is 14.3 Å². The summed E-state index contributed by atoms with van der Waals surface area (Å²) in [5, 5.41) is -1.78. The van der Waals surface area contributed by atoms with Gasteiger partial charge in [-0.2, -0.15) is 8.42 Å². The SMILES string of the molecule is [2H]C(C)(C)S(=O)(=O)O. The molecular weight excluding hydrogens is 116 g/mol. The second-order valence-corrected chi connectivity index (χ2v) is 3.15. The Morgan fingerprint density at radius 2 is 1.86 bits per heavy atom. The lowest BCUT2D eigenvalue weighted by atomic mass is 10.6. The molecule has 0 aliphatic carbocycles. The van der Waals surface area contributed by atoms with Gasteiger partial charge in [0.1, 0.15) is 0 Å². The molecule has 0 atom stereocenters. The van der Waals surface area contributed by atoms with Crippen LogP contribution in [0, 0.1) is 0 Å². The van der Waals surface area contributed by atoms with Gasteiger partial charge >= 0.3 is 0 Å². The van der Waals surface area contributed by atoms with Gasteiger partial charge in [-0.05, 0) is 13.8 Å². The molecule has 0 spiro atoms. The van der Waals surface area contributed by atoms with Crippen LogP contribution in [0.4, 0.5) is 0 Å². The van der Waals surface area contributed by atoms with Crippen molar-refractivity contribution in [2.75, 3.05) is 0 Å². The summed E-state index contributed by atoms with van der Waals surface area (Å²) in [5.41, 5.74) is 0. The topological polar surface area (TPSA) is 54.4 Å². The first-order valence-electron chi connectivity index (χ1n) is 2.22. The molecule has 0 fully saturated rings. The lowest BCUT2D eigenvalue weighted by Gasteiger charge is -1.94. The second-order valence-electron chi connectivity index (χ2n) is 1.38. The maximum absolute atomic E-state index is 10.0. The Morgan fingerprint density at radius 3 is 1.86 bits per heavy atom. The molecule has 0 aromatic rings. The van der Waals surface area contributed by atoms with Crippen LogP contribution in [0.2, 0.25) is 0 Å². The zero-order valence-electron chi connectivity index (χ0n) is 5.17. The van der Waals surface area contributed by atoms with Gasteiger partial charge in [0.2, 0.25) is 0 Å². The highest BCUT2D eigenvalue weighted by Gasteiger charge is 2.08. The van der Waals surface area contributed by atoms with E-state index in [0.717, 1.165) is 13.8 Å². The average Bonchev–Trinajstić information content (AvgIpc) is 1.25. The average molecular weight is 125 g/mol. The van der Waals surface area contributed by atoms with Gasteiger partial charge in [-0.3, -0.25) is 4.55 Å². The molecule has 0 aliphatic rings. The Labute approximate surface area is 44.5 Å². The largest absolute Gasteiger partial charge is 0.285 e. The van der Waals surface area contributed by atoms with E-state index in [9.17, 15) is 8.42 Å². The molecule has 0 radical (unpaired) electrons. The van der Waals surface area contributed by atoms with Gasteiger partial charge in [-0.15, -0.1) is 0 Å². The minimum Gasteiger partial charge on any atom is -0.285 e. The molecule has 0 amide bonds. The van der Waals surface area contributed by atoms with Crippen molar-refractivity contribution in [1.29, 1.82) is 0 Å². The van der Waals surface area contributed by atoms with E-state index in [1.165, 1.54) is 0 Å². The summed E-state index contributed by atoms with van der Waals surface area (Å²) in [6.45, 7) is 2.20. The molecule has 0 unspecified atom stereocenters. The first-order valence-corrected chi connectivity index (χ1v) is 3.16. The zero-order chi connectivity index (χ0) is 7.00. The van der Waals surface area contributed by atoms with Crippen molar-refractivity contribution in [2.45, 2.75) is 19.1 Å². The standard InChI is InChI=1S/C3H8O3S/c1-3(2)7(4,5)6/h3H,1-2H3,(H,4,5,6)/i3D. The Hall–Kier alpha value is -0.0900. The fourth-order valence-electron chi connectivity index (χ4n) is 0. The van der Waals surface area contributed by atoms with Gasteiger partial charge in [0.25, 0.3) is 10.1 Å². The molecule has 0 aliphatic heterocycles. The zero-order valence-corrected chi connectivity index (χ0v) is 4.99. The Kier molecular flexibility index (Phi) is 1.30. The van der Waals surface area contributed by atoms with Gasteiger partial charge < -0.3 is 0 Å². The summed E-state index contributed by atoms with van der Waals surface area (Å²) < 4.78 is 34.9. The molecule has 4 heteroatoms. The predicted molar refractivity (Wildman–Crippen MR) is 26.7 cm³/mol. The second kappa shape index (κ2) is 1.79. The van der Waals surface area contributed by atoms with Gasteiger partial charge in [-0.1, -0.05) is 0 Å². The molecule has 0 saturated carbocycles. The summed E-state index contributed by atoms with van der Waals surface area (Å²) in [5.74, 6) is 0. The fraction of sp³-hybridized carbons (Fsp3) is 1.00. The maximum atomic E-state index is 10.0. The van der Waals surface area contributed by atoms with E-state index in [4.69, 9.17) is 5.92 Å². The van der Waals surface area contributed by atoms with Crippen LogP contribution < -0.4 is 0 Å². The van der Waals surface area contributed by atoms with Crippen LogP contribution in [0.5, 0.6) is 0 Å². The van der Waals surface area contributed by atoms with Gasteiger partial charge in [0.15, 0.2) is 0 Å². The van der Waals surface area contributed by atoms with E-state index in [1.54, 1.807) is 0 Å². The van der Waals surface area contributed by atoms with E-state index in [1.807, 2.05) is 0 Å². The molecule has 0 aromatic carbocycles. The van der Waals surface area contributed by atoms with Crippen molar-refractivity contribution >= 4 is 10.1 Å². The number of hydrogen-bond acceptors (Lipinski definition) is 2. The summed E-state index contributed by atoms with van der Waals surface area (Å²) >= 11 is 0. The highest BCUT2D eigenvalue weighted by atomic mass is 32.2. The normalized spacial score (nSPS) is 16.1. The van der Waals surface area contributed by atoms with Crippen molar-refractivity contribution in [2.24, 2.45) is 0 Å². The lowest BCUT2D eigenvalue weighted by molar-refractivity contribution is 0.473. The lowest BCUT2D eigenvalue weighted by Crippen LogP contribution is -2.10. The van der Waals surface area contributed by atoms with Gasteiger partial charge in [0.05, 0.1) is 5.23 Å². The first-order chi connectivity index (χ1) is 3.25. The smallest absolute Gasteiger partial charge is 0.267 e. The summed E-state index contributed by atoms with van der Waals surface area (Å²) in [6.07, 6.45) is 0. The molecule has 3 nitrogen and oxygen atoms in total. The summed E-state index contributed by atoms with van der Waals surface area (Å²) in [7, 11) is -4.17. The highest BCUT2D eigenvalue weighted by molar-refractivity contribution is 7.86. The summed E-state index contributed by atoms with van der Waals surface area (Å²) in [6, 6.07) is 0. The third-order valence-electron chi connectivity index (χ3n) is 0.516. The predicted octanol–water partition coefficient (Wildman–Crippen LogP) is 0.283. The van der Waals surface area contributed by atoms with Crippen molar-refractivity contribution in [3.05, 3.63) is 0 Å². The van der Waals surface area contributed by atoms with Crippen LogP contribution in [0.25, 0.3) is 0 Å². The van der Waals surface area contributed by atoms with Crippen LogP contribution in [0.3, 0.4) is 0 Å². The van der Waals surface area contributed by atoms with Crippen LogP contribution in [0.15, 0.2) is 0 Å². The number of rotatable bonds is 1. The molecule has 0 saturated heterocycles. The molecule has 0 aromatic heterocycles. The molecule has 0 bridgehead atoms. The minimum atomic E-state index is -4.17. The van der Waals surface area contributed by atoms with Crippen LogP contribution >= 0.6 is 0 Å². The molecular formula is C3H8O3S. The van der Waals surface area contributed by atoms with Crippen LogP contribution in [0.1, 0.15) is 15.2 Å². The number of hydrogen-bond donors (Lipinski definition) is 1. The van der Waals surface area contributed by atoms with E-state index in [-0.39, 0.29) is 0 Å². The maximum Gasteiger partial charge on any atom is 0.267 e. The van der Waals surface area contributed by atoms with E-state index in [0.29, 0.717) is 0 Å². The van der Waals surface area contributed by atoms with Crippen molar-refractivity contribution in [3.8, 4) is 0 Å². The van der Waals surface area contributed by atoms with Gasteiger partial charge in [0, 0.05) is 1.37 Å². The van der Waals surface area contributed by atoms with E-state index in [2.05, 4.69) is 0 Å². The molecule has 44 valence electrons. The van der Waals surface area contributed by atoms with Crippen molar-refractivity contribution in [1.82, 2.24) is 0 Å². The highest BCUT2D eigenvalue weighted by Crippen LogP contribution is 1.91. The van der Waals surface area contributed by atoms with Crippen LogP contribution in [-0.2, 0) is 10.1 Å². The third kappa shape index (κ3) is 2.59. The van der Waals surface area contributed by atoms with Gasteiger partial charge in [-0.25, -0.2) is 0 Å². The molecule has 7 heavy (non-hydrogen) atoms. The third-order valence-corrected chi connectivity index (χ3v) is 1.55. The Morgan fingerprint density at radius 1 is 1.71 bits per heavy atom. The quantitative estimate of drug-likeness (QED) is 0.512. The molecule has 0 rings (SSSR count). The molecule has 1 N–H and O–H groups in total.